The molecule has 0 saturated carbocycles. The van der Waals surface area contributed by atoms with Gasteiger partial charge in [0, 0.05) is 37.9 Å². The van der Waals surface area contributed by atoms with Crippen LogP contribution in [0, 0.1) is 0 Å². The number of benzene rings is 1. The van der Waals surface area contributed by atoms with Crippen LogP contribution in [0.3, 0.4) is 0 Å². The van der Waals surface area contributed by atoms with Crippen molar-refractivity contribution in [2.75, 3.05) is 33.4 Å². The lowest BCUT2D eigenvalue weighted by Gasteiger charge is -2.42. The fourth-order valence-corrected chi connectivity index (χ4v) is 4.73. The Morgan fingerprint density at radius 3 is 2.48 bits per heavy atom. The molecule has 4 heterocycles. The summed E-state index contributed by atoms with van der Waals surface area (Å²) >= 11 is 0. The summed E-state index contributed by atoms with van der Waals surface area (Å²) in [6, 6.07) is 14.7. The summed E-state index contributed by atoms with van der Waals surface area (Å²) in [6.45, 7) is 1.83. The molecule has 10 nitrogen and oxygen atoms in total. The zero-order valence-corrected chi connectivity index (χ0v) is 21.3. The van der Waals surface area contributed by atoms with Gasteiger partial charge in [-0.05, 0) is 41.5 Å². The van der Waals surface area contributed by atoms with Gasteiger partial charge in [-0.2, -0.15) is 13.2 Å². The van der Waals surface area contributed by atoms with Crippen molar-refractivity contribution in [3.8, 4) is 5.75 Å². The highest BCUT2D eigenvalue weighted by molar-refractivity contribution is 5.94. The summed E-state index contributed by atoms with van der Waals surface area (Å²) in [5.41, 5.74) is 0.697. The van der Waals surface area contributed by atoms with Crippen molar-refractivity contribution in [3.63, 3.8) is 0 Å². The van der Waals surface area contributed by atoms with E-state index in [2.05, 4.69) is 4.98 Å². The molecule has 1 spiro atoms. The third-order valence-corrected chi connectivity index (χ3v) is 6.64. The molecule has 2 saturated heterocycles. The van der Waals surface area contributed by atoms with Crippen molar-refractivity contribution < 1.29 is 46.6 Å². The van der Waals surface area contributed by atoms with Gasteiger partial charge in [0.25, 0.3) is 11.8 Å². The summed E-state index contributed by atoms with van der Waals surface area (Å²) in [4.78, 5) is 43.6. The number of halogens is 3. The number of ether oxygens (including phenoxy) is 2. The van der Waals surface area contributed by atoms with Crippen LogP contribution < -0.4 is 4.74 Å². The number of hydrogen-bond donors (Lipinski definition) is 1. The Balaban J connectivity index is 0.000000470. The molecule has 0 aliphatic carbocycles. The first-order chi connectivity index (χ1) is 19.0. The van der Waals surface area contributed by atoms with Gasteiger partial charge in [0.05, 0.1) is 26.5 Å². The molecule has 2 aliphatic rings. The monoisotopic (exact) mass is 561 g/mol. The molecular formula is C27H26F3N3O7. The minimum atomic E-state index is -5.08. The van der Waals surface area contributed by atoms with E-state index in [0.29, 0.717) is 26.2 Å². The fraction of sp³-hybridized carbons (Fsp3) is 0.333. The molecule has 0 radical (unpaired) electrons. The van der Waals surface area contributed by atoms with Crippen LogP contribution in [0.5, 0.6) is 5.75 Å². The number of furan rings is 1. The second-order valence-electron chi connectivity index (χ2n) is 9.12. The average molecular weight is 562 g/mol. The van der Waals surface area contributed by atoms with Gasteiger partial charge in [-0.3, -0.25) is 14.6 Å². The maximum Gasteiger partial charge on any atom is 0.490 e. The number of aliphatic carboxylic acids is 1. The highest BCUT2D eigenvalue weighted by Gasteiger charge is 2.58. The number of amides is 2. The van der Waals surface area contributed by atoms with E-state index in [1.54, 1.807) is 36.5 Å². The summed E-state index contributed by atoms with van der Waals surface area (Å²) in [7, 11) is 1.62. The molecule has 1 aromatic carbocycles. The van der Waals surface area contributed by atoms with Crippen LogP contribution in [0.1, 0.15) is 27.6 Å². The Morgan fingerprint density at radius 1 is 1.18 bits per heavy atom. The van der Waals surface area contributed by atoms with Crippen LogP contribution >= 0.6 is 0 Å². The first-order valence-corrected chi connectivity index (χ1v) is 12.1. The number of carbonyl (C=O) groups excluding carboxylic acids is 2. The first kappa shape index (κ1) is 28.6. The lowest BCUT2D eigenvalue weighted by molar-refractivity contribution is -0.192. The molecule has 2 aromatic heterocycles. The number of morpholine rings is 1. The molecule has 40 heavy (non-hydrogen) atoms. The number of carboxylic acids is 1. The molecule has 2 atom stereocenters. The second kappa shape index (κ2) is 11.8. The molecule has 212 valence electrons. The number of hydrogen-bond acceptors (Lipinski definition) is 7. The van der Waals surface area contributed by atoms with Crippen LogP contribution in [-0.2, 0) is 20.9 Å². The minimum absolute atomic E-state index is 0.117. The average Bonchev–Trinajstić information content (AvgIpc) is 3.61. The maximum absolute atomic E-state index is 13.9. The van der Waals surface area contributed by atoms with Crippen LogP contribution in [-0.4, -0.2) is 82.8 Å². The predicted octanol–water partition coefficient (Wildman–Crippen LogP) is 3.35. The van der Waals surface area contributed by atoms with Gasteiger partial charge >= 0.3 is 12.1 Å². The van der Waals surface area contributed by atoms with Gasteiger partial charge in [-0.15, -0.1) is 0 Å². The zero-order chi connectivity index (χ0) is 28.9. The van der Waals surface area contributed by atoms with Gasteiger partial charge in [0.1, 0.15) is 5.75 Å². The normalized spacial score (nSPS) is 20.7. The maximum atomic E-state index is 13.9. The third-order valence-electron chi connectivity index (χ3n) is 6.64. The number of nitrogens with zero attached hydrogens (tertiary/aromatic N) is 3. The Hall–Kier alpha value is -4.39. The van der Waals surface area contributed by atoms with Gasteiger partial charge < -0.3 is 28.8 Å². The van der Waals surface area contributed by atoms with E-state index in [4.69, 9.17) is 23.8 Å². The van der Waals surface area contributed by atoms with Crippen LogP contribution in [0.15, 0.2) is 71.6 Å². The smallest absolute Gasteiger partial charge is 0.490 e. The van der Waals surface area contributed by atoms with Crippen molar-refractivity contribution in [1.29, 1.82) is 0 Å². The minimum Gasteiger partial charge on any atom is -0.497 e. The Morgan fingerprint density at radius 2 is 1.90 bits per heavy atom. The zero-order valence-electron chi connectivity index (χ0n) is 21.3. The lowest BCUT2D eigenvalue weighted by Crippen LogP contribution is -2.60. The molecule has 1 N–H and O–H groups in total. The van der Waals surface area contributed by atoms with Crippen molar-refractivity contribution in [2.45, 2.75) is 24.2 Å². The number of rotatable bonds is 5. The predicted molar refractivity (Wildman–Crippen MR) is 132 cm³/mol. The molecular weight excluding hydrogens is 535 g/mol. The molecule has 3 aromatic rings. The van der Waals surface area contributed by atoms with E-state index < -0.39 is 17.7 Å². The van der Waals surface area contributed by atoms with Crippen molar-refractivity contribution in [1.82, 2.24) is 14.8 Å². The molecule has 2 aliphatic heterocycles. The Bertz CT molecular complexity index is 1320. The second-order valence-corrected chi connectivity index (χ2v) is 9.12. The number of likely N-dealkylation sites (tertiary alicyclic amines) is 1. The summed E-state index contributed by atoms with van der Waals surface area (Å²) in [6.07, 6.45) is -0.181. The Labute approximate surface area is 226 Å². The van der Waals surface area contributed by atoms with Crippen LogP contribution in [0.25, 0.3) is 0 Å². The van der Waals surface area contributed by atoms with Crippen LogP contribution in [0.2, 0.25) is 0 Å². The fourth-order valence-electron chi connectivity index (χ4n) is 4.73. The molecule has 2 unspecified atom stereocenters. The number of pyridine rings is 1. The molecule has 2 fully saturated rings. The lowest BCUT2D eigenvalue weighted by atomic mass is 9.83. The number of carbonyl (C=O) groups is 3. The van der Waals surface area contributed by atoms with Crippen LogP contribution in [0.4, 0.5) is 13.2 Å². The highest BCUT2D eigenvalue weighted by atomic mass is 19.4. The third kappa shape index (κ3) is 6.09. The first-order valence-electron chi connectivity index (χ1n) is 12.1. The molecule has 13 heteroatoms. The van der Waals surface area contributed by atoms with Gasteiger partial charge in [-0.1, -0.05) is 18.2 Å². The van der Waals surface area contributed by atoms with E-state index in [1.807, 2.05) is 41.3 Å². The molecule has 2 amide bonds. The van der Waals surface area contributed by atoms with E-state index in [9.17, 15) is 22.8 Å². The largest absolute Gasteiger partial charge is 0.497 e. The Kier molecular flexibility index (Phi) is 8.43. The highest BCUT2D eigenvalue weighted by Crippen LogP contribution is 2.42. The van der Waals surface area contributed by atoms with E-state index in [0.717, 1.165) is 16.9 Å². The summed E-state index contributed by atoms with van der Waals surface area (Å²) < 4.78 is 48.5. The number of aromatic nitrogens is 1. The SMILES string of the molecule is COc1ccc(CN2CCOC3(CN(C(=O)c4ccco4)CC3c3cccnc3)C2=O)cc1.O=C(O)C(F)(F)F. The number of carboxylic acid groups (broad SMARTS) is 1. The van der Waals surface area contributed by atoms with Crippen molar-refractivity contribution in [3.05, 3.63) is 84.1 Å². The van der Waals surface area contributed by atoms with E-state index in [1.165, 1.54) is 6.26 Å². The van der Waals surface area contributed by atoms with E-state index in [-0.39, 0.29) is 30.0 Å². The number of methoxy groups -OCH3 is 1. The molecule has 0 bridgehead atoms. The van der Waals surface area contributed by atoms with Crippen molar-refractivity contribution in [2.24, 2.45) is 0 Å². The van der Waals surface area contributed by atoms with Gasteiger partial charge in [0.2, 0.25) is 0 Å². The van der Waals surface area contributed by atoms with Gasteiger partial charge in [-0.25, -0.2) is 4.79 Å². The standard InChI is InChI=1S/C25H25N3O5.C2HF3O2/c1-31-20-8-6-18(7-9-20)15-27-11-13-33-25(24(27)30)17-28(23(29)22-5-3-12-32-22)16-21(25)19-4-2-10-26-14-19;3-2(4,5)1(6)7/h2-10,12,14,21H,11,13,15-17H2,1H3;(H,6,7). The topological polar surface area (TPSA) is 122 Å². The number of alkyl halides is 3. The van der Waals surface area contributed by atoms with Crippen molar-refractivity contribution >= 4 is 17.8 Å². The summed E-state index contributed by atoms with van der Waals surface area (Å²) in [5.74, 6) is -2.45. The molecule has 5 rings (SSSR count). The summed E-state index contributed by atoms with van der Waals surface area (Å²) in [5, 5.41) is 7.12. The quantitative estimate of drug-likeness (QED) is 0.503. The van der Waals surface area contributed by atoms with Gasteiger partial charge in [0.15, 0.2) is 11.4 Å². The van der Waals surface area contributed by atoms with E-state index >= 15 is 0 Å².